The molecule has 0 aliphatic heterocycles. The average molecular weight is 308 g/mol. The Morgan fingerprint density at radius 3 is 2.35 bits per heavy atom. The summed E-state index contributed by atoms with van der Waals surface area (Å²) >= 11 is 0. The molecule has 0 unspecified atom stereocenters. The standard InChI is InChI=1S/C13H15F3O3S/c1-4-10(5-2)11-6-7-12(9(3)8-11)19-20(17,18)13(14,15)16/h4,6-8H,5H2,1-3H3/b10-4+. The van der Waals surface area contributed by atoms with Crippen molar-refractivity contribution < 1.29 is 25.8 Å². The van der Waals surface area contributed by atoms with Crippen molar-refractivity contribution in [1.29, 1.82) is 0 Å². The van der Waals surface area contributed by atoms with Gasteiger partial charge in [-0.3, -0.25) is 0 Å². The van der Waals surface area contributed by atoms with E-state index in [1.54, 1.807) is 6.07 Å². The molecule has 1 aromatic carbocycles. The zero-order valence-corrected chi connectivity index (χ0v) is 12.1. The molecule has 0 aliphatic rings. The number of aryl methyl sites for hydroxylation is 1. The Bertz CT molecular complexity index is 616. The third-order valence-corrected chi connectivity index (χ3v) is 3.72. The molecule has 1 aromatic rings. The van der Waals surface area contributed by atoms with Gasteiger partial charge in [-0.25, -0.2) is 0 Å². The van der Waals surface area contributed by atoms with Crippen LogP contribution < -0.4 is 4.18 Å². The topological polar surface area (TPSA) is 43.4 Å². The van der Waals surface area contributed by atoms with Crippen LogP contribution in [0.4, 0.5) is 13.2 Å². The third-order valence-electron chi connectivity index (χ3n) is 2.76. The molecule has 0 aliphatic carbocycles. The Balaban J connectivity index is 3.13. The number of halogens is 3. The van der Waals surface area contributed by atoms with Crippen LogP contribution in [0, 0.1) is 6.92 Å². The van der Waals surface area contributed by atoms with Crippen molar-refractivity contribution in [3.05, 3.63) is 35.4 Å². The van der Waals surface area contributed by atoms with Crippen LogP contribution >= 0.6 is 0 Å². The minimum absolute atomic E-state index is 0.322. The maximum absolute atomic E-state index is 12.2. The Morgan fingerprint density at radius 1 is 1.35 bits per heavy atom. The van der Waals surface area contributed by atoms with Gasteiger partial charge in [-0.05, 0) is 49.1 Å². The zero-order chi connectivity index (χ0) is 15.6. The van der Waals surface area contributed by atoms with Crippen LogP contribution in [0.25, 0.3) is 5.57 Å². The maximum Gasteiger partial charge on any atom is 0.534 e. The number of allylic oxidation sites excluding steroid dienone is 2. The van der Waals surface area contributed by atoms with Gasteiger partial charge in [-0.1, -0.05) is 19.1 Å². The van der Waals surface area contributed by atoms with Gasteiger partial charge in [-0.2, -0.15) is 21.6 Å². The normalized spacial score (nSPS) is 13.4. The number of alkyl halides is 3. The van der Waals surface area contributed by atoms with Gasteiger partial charge in [0.25, 0.3) is 0 Å². The number of hydrogen-bond acceptors (Lipinski definition) is 3. The average Bonchev–Trinajstić information content (AvgIpc) is 2.32. The molecule has 0 saturated carbocycles. The second kappa shape index (κ2) is 5.87. The van der Waals surface area contributed by atoms with Crippen LogP contribution in [-0.2, 0) is 10.1 Å². The molecular formula is C13H15F3O3S. The molecule has 0 spiro atoms. The molecule has 0 atom stereocenters. The molecule has 0 fully saturated rings. The first kappa shape index (κ1) is 16.6. The van der Waals surface area contributed by atoms with Gasteiger partial charge in [0.1, 0.15) is 5.75 Å². The Labute approximate surface area is 116 Å². The molecule has 112 valence electrons. The van der Waals surface area contributed by atoms with E-state index in [4.69, 9.17) is 0 Å². The largest absolute Gasteiger partial charge is 0.534 e. The molecule has 0 radical (unpaired) electrons. The van der Waals surface area contributed by atoms with Crippen LogP contribution in [0.15, 0.2) is 24.3 Å². The summed E-state index contributed by atoms with van der Waals surface area (Å²) in [5.74, 6) is -0.322. The second-order valence-electron chi connectivity index (χ2n) is 4.13. The fourth-order valence-corrected chi connectivity index (χ4v) is 2.20. The number of benzene rings is 1. The molecule has 0 saturated heterocycles. The minimum atomic E-state index is -5.63. The summed E-state index contributed by atoms with van der Waals surface area (Å²) in [4.78, 5) is 0. The SMILES string of the molecule is C/C=C(\CC)c1ccc(OS(=O)(=O)C(F)(F)F)c(C)c1. The highest BCUT2D eigenvalue weighted by Gasteiger charge is 2.48. The second-order valence-corrected chi connectivity index (χ2v) is 5.67. The monoisotopic (exact) mass is 308 g/mol. The smallest absolute Gasteiger partial charge is 0.376 e. The quantitative estimate of drug-likeness (QED) is 0.623. The molecule has 0 aromatic heterocycles. The summed E-state index contributed by atoms with van der Waals surface area (Å²) in [5, 5.41) is 0. The molecule has 0 amide bonds. The lowest BCUT2D eigenvalue weighted by atomic mass is 10.0. The van der Waals surface area contributed by atoms with E-state index >= 15 is 0 Å². The first-order valence-corrected chi connectivity index (χ1v) is 7.30. The summed E-state index contributed by atoms with van der Waals surface area (Å²) < 4.78 is 62.8. The summed E-state index contributed by atoms with van der Waals surface area (Å²) in [6.45, 7) is 5.30. The summed E-state index contributed by atoms with van der Waals surface area (Å²) in [6.07, 6.45) is 2.65. The van der Waals surface area contributed by atoms with Gasteiger partial charge in [-0.15, -0.1) is 0 Å². The molecule has 0 bridgehead atoms. The first-order chi connectivity index (χ1) is 9.12. The molecule has 7 heteroatoms. The van der Waals surface area contributed by atoms with Crippen molar-refractivity contribution in [2.75, 3.05) is 0 Å². The van der Waals surface area contributed by atoms with E-state index < -0.39 is 15.6 Å². The summed E-state index contributed by atoms with van der Waals surface area (Å²) in [7, 11) is -5.63. The van der Waals surface area contributed by atoms with E-state index in [0.717, 1.165) is 17.6 Å². The van der Waals surface area contributed by atoms with Crippen molar-refractivity contribution >= 4 is 15.7 Å². The fraction of sp³-hybridized carbons (Fsp3) is 0.385. The van der Waals surface area contributed by atoms with Crippen LogP contribution in [0.5, 0.6) is 5.75 Å². The minimum Gasteiger partial charge on any atom is -0.376 e. The molecule has 0 N–H and O–H groups in total. The van der Waals surface area contributed by atoms with Crippen molar-refractivity contribution in [2.24, 2.45) is 0 Å². The van der Waals surface area contributed by atoms with E-state index in [0.29, 0.717) is 5.56 Å². The highest BCUT2D eigenvalue weighted by molar-refractivity contribution is 7.88. The van der Waals surface area contributed by atoms with Gasteiger partial charge < -0.3 is 4.18 Å². The van der Waals surface area contributed by atoms with Crippen LogP contribution in [0.2, 0.25) is 0 Å². The number of hydrogen-bond donors (Lipinski definition) is 0. The maximum atomic E-state index is 12.2. The van der Waals surface area contributed by atoms with Crippen LogP contribution in [0.3, 0.4) is 0 Å². The highest BCUT2D eigenvalue weighted by Crippen LogP contribution is 2.30. The highest BCUT2D eigenvalue weighted by atomic mass is 32.2. The van der Waals surface area contributed by atoms with Crippen molar-refractivity contribution in [2.45, 2.75) is 32.7 Å². The van der Waals surface area contributed by atoms with Gasteiger partial charge >= 0.3 is 15.6 Å². The van der Waals surface area contributed by atoms with Crippen LogP contribution in [0.1, 0.15) is 31.4 Å². The van der Waals surface area contributed by atoms with Gasteiger partial charge in [0, 0.05) is 0 Å². The summed E-state index contributed by atoms with van der Waals surface area (Å²) in [6, 6.07) is 4.36. The molecule has 0 heterocycles. The Morgan fingerprint density at radius 2 is 1.95 bits per heavy atom. The van der Waals surface area contributed by atoms with E-state index in [9.17, 15) is 21.6 Å². The number of rotatable bonds is 4. The zero-order valence-electron chi connectivity index (χ0n) is 11.3. The fourth-order valence-electron chi connectivity index (χ4n) is 1.68. The predicted molar refractivity (Wildman–Crippen MR) is 70.7 cm³/mol. The Kier molecular flexibility index (Phi) is 4.86. The van der Waals surface area contributed by atoms with E-state index in [1.807, 2.05) is 19.9 Å². The lowest BCUT2D eigenvalue weighted by Crippen LogP contribution is -2.28. The molecule has 20 heavy (non-hydrogen) atoms. The van der Waals surface area contributed by atoms with Crippen molar-refractivity contribution in [3.63, 3.8) is 0 Å². The van der Waals surface area contributed by atoms with E-state index in [1.165, 1.54) is 19.1 Å². The van der Waals surface area contributed by atoms with Crippen LogP contribution in [-0.4, -0.2) is 13.9 Å². The third kappa shape index (κ3) is 3.53. The Hall–Kier alpha value is -1.50. The lowest BCUT2D eigenvalue weighted by molar-refractivity contribution is -0.0500. The molecular weight excluding hydrogens is 293 g/mol. The lowest BCUT2D eigenvalue weighted by Gasteiger charge is -2.13. The van der Waals surface area contributed by atoms with Crippen molar-refractivity contribution in [3.8, 4) is 5.75 Å². The molecule has 3 nitrogen and oxygen atoms in total. The predicted octanol–water partition coefficient (Wildman–Crippen LogP) is 4.04. The molecule has 1 rings (SSSR count). The summed E-state index contributed by atoms with van der Waals surface area (Å²) in [5.41, 5.74) is -3.28. The van der Waals surface area contributed by atoms with Gasteiger partial charge in [0.2, 0.25) is 0 Å². The van der Waals surface area contributed by atoms with E-state index in [2.05, 4.69) is 4.18 Å². The van der Waals surface area contributed by atoms with Crippen molar-refractivity contribution in [1.82, 2.24) is 0 Å². The van der Waals surface area contributed by atoms with Gasteiger partial charge in [0.15, 0.2) is 0 Å². The first-order valence-electron chi connectivity index (χ1n) is 5.89. The van der Waals surface area contributed by atoms with E-state index in [-0.39, 0.29) is 5.75 Å². The van der Waals surface area contributed by atoms with Gasteiger partial charge in [0.05, 0.1) is 0 Å².